The Morgan fingerprint density at radius 2 is 2.24 bits per heavy atom. The number of nitrogens with one attached hydrogen (secondary N) is 1. The van der Waals surface area contributed by atoms with Crippen LogP contribution in [-0.4, -0.2) is 38.8 Å². The molecule has 0 atom stereocenters. The zero-order valence-corrected chi connectivity index (χ0v) is 11.4. The summed E-state index contributed by atoms with van der Waals surface area (Å²) in [5.74, 6) is 2.04. The Balaban J connectivity index is 2.56. The van der Waals surface area contributed by atoms with Crippen LogP contribution in [0.15, 0.2) is 10.5 Å². The van der Waals surface area contributed by atoms with Gasteiger partial charge in [-0.15, -0.1) is 0 Å². The smallest absolute Gasteiger partial charge is 0.118 e. The monoisotopic (exact) mass is 240 g/mol. The third-order valence-electron chi connectivity index (χ3n) is 2.88. The van der Waals surface area contributed by atoms with Gasteiger partial charge in [-0.1, -0.05) is 6.92 Å². The van der Waals surface area contributed by atoms with Crippen LogP contribution in [0.4, 0.5) is 0 Å². The molecule has 0 saturated heterocycles. The molecule has 0 bridgehead atoms. The van der Waals surface area contributed by atoms with Crippen LogP contribution in [0.2, 0.25) is 0 Å². The van der Waals surface area contributed by atoms with Gasteiger partial charge < -0.3 is 14.5 Å². The first-order chi connectivity index (χ1) is 8.21. The summed E-state index contributed by atoms with van der Waals surface area (Å²) in [6.45, 7) is 8.58. The largest absolute Gasteiger partial charge is 0.465 e. The Kier molecular flexibility index (Phi) is 6.26. The molecule has 17 heavy (non-hydrogen) atoms. The number of methoxy groups -OCH3 is 1. The molecule has 0 radical (unpaired) electrons. The molecule has 1 N–H and O–H groups in total. The summed E-state index contributed by atoms with van der Waals surface area (Å²) in [5.41, 5.74) is 1.24. The quantitative estimate of drug-likeness (QED) is 0.751. The van der Waals surface area contributed by atoms with Gasteiger partial charge in [0, 0.05) is 25.8 Å². The van der Waals surface area contributed by atoms with Crippen molar-refractivity contribution in [3.05, 3.63) is 23.2 Å². The fraction of sp³-hybridized carbons (Fsp3) is 0.692. The second-order valence-electron chi connectivity index (χ2n) is 4.19. The van der Waals surface area contributed by atoms with Crippen LogP contribution in [0.1, 0.15) is 24.0 Å². The summed E-state index contributed by atoms with van der Waals surface area (Å²) < 4.78 is 10.9. The number of furan rings is 1. The summed E-state index contributed by atoms with van der Waals surface area (Å²) >= 11 is 0. The number of likely N-dealkylation sites (N-methyl/N-ethyl adjacent to an activating group) is 1. The highest BCUT2D eigenvalue weighted by atomic mass is 16.5. The Morgan fingerprint density at radius 3 is 2.82 bits per heavy atom. The first-order valence-corrected chi connectivity index (χ1v) is 6.15. The lowest BCUT2D eigenvalue weighted by molar-refractivity contribution is 0.142. The molecule has 1 aromatic heterocycles. The van der Waals surface area contributed by atoms with Crippen LogP contribution in [0.25, 0.3) is 0 Å². The van der Waals surface area contributed by atoms with Gasteiger partial charge in [-0.2, -0.15) is 0 Å². The molecule has 0 unspecified atom stereocenters. The summed E-state index contributed by atoms with van der Waals surface area (Å²) in [4.78, 5) is 2.31. The summed E-state index contributed by atoms with van der Waals surface area (Å²) in [6, 6.07) is 2.14. The lowest BCUT2D eigenvalue weighted by Gasteiger charge is -2.18. The molecule has 4 nitrogen and oxygen atoms in total. The van der Waals surface area contributed by atoms with Crippen molar-refractivity contribution >= 4 is 0 Å². The van der Waals surface area contributed by atoms with E-state index in [1.54, 1.807) is 7.11 Å². The Bertz CT molecular complexity index is 323. The highest BCUT2D eigenvalue weighted by molar-refractivity contribution is 5.20. The average Bonchev–Trinajstić information content (AvgIpc) is 2.66. The molecular weight excluding hydrogens is 216 g/mol. The first-order valence-electron chi connectivity index (χ1n) is 6.15. The van der Waals surface area contributed by atoms with E-state index in [9.17, 15) is 0 Å². The molecule has 1 aromatic rings. The standard InChI is InChI=1S/C13H24N2O2/c1-5-15(6-7-16-4)10-13-8-12(9-14-3)11(2)17-13/h8,14H,5-7,9-10H2,1-4H3. The van der Waals surface area contributed by atoms with Gasteiger partial charge in [-0.05, 0) is 26.6 Å². The number of hydrogen-bond acceptors (Lipinski definition) is 4. The number of aryl methyl sites for hydroxylation is 1. The summed E-state index contributed by atoms with van der Waals surface area (Å²) in [7, 11) is 3.68. The Labute approximate surface area is 104 Å². The molecule has 0 aliphatic heterocycles. The maximum atomic E-state index is 5.76. The molecule has 1 heterocycles. The average molecular weight is 240 g/mol. The number of rotatable bonds is 8. The van der Waals surface area contributed by atoms with Crippen molar-refractivity contribution < 1.29 is 9.15 Å². The van der Waals surface area contributed by atoms with E-state index in [0.717, 1.165) is 44.3 Å². The van der Waals surface area contributed by atoms with Gasteiger partial charge in [0.2, 0.25) is 0 Å². The molecule has 0 fully saturated rings. The van der Waals surface area contributed by atoms with E-state index in [0.29, 0.717) is 0 Å². The van der Waals surface area contributed by atoms with E-state index in [1.165, 1.54) is 5.56 Å². The number of ether oxygens (including phenoxy) is 1. The minimum Gasteiger partial charge on any atom is -0.465 e. The zero-order chi connectivity index (χ0) is 12.7. The summed E-state index contributed by atoms with van der Waals surface area (Å²) in [6.07, 6.45) is 0. The normalized spacial score (nSPS) is 11.4. The molecule has 0 saturated carbocycles. The second-order valence-corrected chi connectivity index (χ2v) is 4.19. The molecular formula is C13H24N2O2. The third kappa shape index (κ3) is 4.50. The van der Waals surface area contributed by atoms with Crippen molar-refractivity contribution in [3.8, 4) is 0 Å². The molecule has 0 spiro atoms. The maximum absolute atomic E-state index is 5.76. The molecule has 1 rings (SSSR count). The van der Waals surface area contributed by atoms with E-state index in [2.05, 4.69) is 23.2 Å². The van der Waals surface area contributed by atoms with Crippen molar-refractivity contribution in [1.82, 2.24) is 10.2 Å². The minimum atomic E-state index is 0.761. The lowest BCUT2D eigenvalue weighted by Crippen LogP contribution is -2.26. The maximum Gasteiger partial charge on any atom is 0.118 e. The van der Waals surface area contributed by atoms with E-state index in [4.69, 9.17) is 9.15 Å². The van der Waals surface area contributed by atoms with Crippen LogP contribution in [0.3, 0.4) is 0 Å². The predicted octanol–water partition coefficient (Wildman–Crippen LogP) is 1.78. The van der Waals surface area contributed by atoms with Crippen molar-refractivity contribution in [2.24, 2.45) is 0 Å². The highest BCUT2D eigenvalue weighted by Crippen LogP contribution is 2.16. The zero-order valence-electron chi connectivity index (χ0n) is 11.4. The van der Waals surface area contributed by atoms with Gasteiger partial charge in [-0.3, -0.25) is 4.90 Å². The van der Waals surface area contributed by atoms with Gasteiger partial charge in [0.25, 0.3) is 0 Å². The third-order valence-corrected chi connectivity index (χ3v) is 2.88. The predicted molar refractivity (Wildman–Crippen MR) is 69.0 cm³/mol. The van der Waals surface area contributed by atoms with Crippen LogP contribution >= 0.6 is 0 Å². The van der Waals surface area contributed by atoms with Crippen molar-refractivity contribution in [1.29, 1.82) is 0 Å². The SMILES string of the molecule is CCN(CCOC)Cc1cc(CNC)c(C)o1. The van der Waals surface area contributed by atoms with E-state index < -0.39 is 0 Å². The van der Waals surface area contributed by atoms with Crippen LogP contribution in [0, 0.1) is 6.92 Å². The Hall–Kier alpha value is -0.840. The lowest BCUT2D eigenvalue weighted by atomic mass is 10.2. The first kappa shape index (κ1) is 14.2. The Morgan fingerprint density at radius 1 is 1.47 bits per heavy atom. The molecule has 4 heteroatoms. The van der Waals surface area contributed by atoms with Gasteiger partial charge in [-0.25, -0.2) is 0 Å². The molecule has 0 aliphatic carbocycles. The van der Waals surface area contributed by atoms with Crippen molar-refractivity contribution in [2.75, 3.05) is 33.9 Å². The van der Waals surface area contributed by atoms with Crippen LogP contribution in [-0.2, 0) is 17.8 Å². The van der Waals surface area contributed by atoms with Crippen molar-refractivity contribution in [3.63, 3.8) is 0 Å². The van der Waals surface area contributed by atoms with Gasteiger partial charge in [0.05, 0.1) is 13.2 Å². The topological polar surface area (TPSA) is 37.6 Å². The minimum absolute atomic E-state index is 0.761. The number of hydrogen-bond donors (Lipinski definition) is 1. The van der Waals surface area contributed by atoms with E-state index >= 15 is 0 Å². The number of nitrogens with zero attached hydrogens (tertiary/aromatic N) is 1. The van der Waals surface area contributed by atoms with Crippen molar-refractivity contribution in [2.45, 2.75) is 26.9 Å². The van der Waals surface area contributed by atoms with E-state index in [-0.39, 0.29) is 0 Å². The van der Waals surface area contributed by atoms with Gasteiger partial charge in [0.15, 0.2) is 0 Å². The molecule has 98 valence electrons. The molecule has 0 amide bonds. The molecule has 0 aromatic carbocycles. The molecule has 0 aliphatic rings. The van der Waals surface area contributed by atoms with Crippen LogP contribution < -0.4 is 5.32 Å². The highest BCUT2D eigenvalue weighted by Gasteiger charge is 2.10. The fourth-order valence-electron chi connectivity index (χ4n) is 1.82. The second kappa shape index (κ2) is 7.48. The fourth-order valence-corrected chi connectivity index (χ4v) is 1.82. The van der Waals surface area contributed by atoms with Gasteiger partial charge in [0.1, 0.15) is 11.5 Å². The van der Waals surface area contributed by atoms with Crippen LogP contribution in [0.5, 0.6) is 0 Å². The van der Waals surface area contributed by atoms with Gasteiger partial charge >= 0.3 is 0 Å². The van der Waals surface area contributed by atoms with E-state index in [1.807, 2.05) is 14.0 Å². The summed E-state index contributed by atoms with van der Waals surface area (Å²) in [5, 5.41) is 3.15.